The van der Waals surface area contributed by atoms with Crippen LogP contribution in [0.1, 0.15) is 252 Å². The molecule has 10 nitrogen and oxygen atoms in total. The highest BCUT2D eigenvalue weighted by atomic mass is 32.2. The molecular weight excluding hydrogens is 773 g/mol. The third kappa shape index (κ3) is 41.6. The molecule has 0 heterocycles. The number of hydrogen-bond donors (Lipinski definition) is 1. The van der Waals surface area contributed by atoms with Crippen LogP contribution in [-0.4, -0.2) is 82.4 Å². The van der Waals surface area contributed by atoms with Crippen molar-refractivity contribution in [3.05, 3.63) is 0 Å². The van der Waals surface area contributed by atoms with Gasteiger partial charge in [0.25, 0.3) is 0 Å². The first-order valence-corrected chi connectivity index (χ1v) is 26.9. The zero-order chi connectivity index (χ0) is 44.4. The molecule has 0 bridgehead atoms. The van der Waals surface area contributed by atoms with E-state index in [0.29, 0.717) is 31.7 Å². The summed E-state index contributed by atoms with van der Waals surface area (Å²) in [5.74, 6) is 0.430. The van der Waals surface area contributed by atoms with Gasteiger partial charge in [0, 0.05) is 33.4 Å². The summed E-state index contributed by atoms with van der Waals surface area (Å²) in [5, 5.41) is 5.18. The van der Waals surface area contributed by atoms with Gasteiger partial charge in [-0.3, -0.25) is 9.59 Å². The molecule has 0 aromatic rings. The van der Waals surface area contributed by atoms with Crippen molar-refractivity contribution in [3.8, 4) is 0 Å². The Morgan fingerprint density at radius 2 is 0.867 bits per heavy atom. The van der Waals surface area contributed by atoms with Crippen molar-refractivity contribution in [2.75, 3.05) is 40.3 Å². The van der Waals surface area contributed by atoms with Gasteiger partial charge in [0.05, 0.1) is 6.61 Å². The van der Waals surface area contributed by atoms with E-state index >= 15 is 0 Å². The van der Waals surface area contributed by atoms with Gasteiger partial charge in [0.1, 0.15) is 11.9 Å². The van der Waals surface area contributed by atoms with Gasteiger partial charge in [-0.15, -0.1) is 4.40 Å². The van der Waals surface area contributed by atoms with Crippen LogP contribution in [0.5, 0.6) is 0 Å². The highest BCUT2D eigenvalue weighted by Crippen LogP contribution is 2.19. The van der Waals surface area contributed by atoms with E-state index in [1.54, 1.807) is 19.0 Å². The smallest absolute Gasteiger partial charge is 0.318 e. The molecule has 0 aromatic carbocycles. The van der Waals surface area contributed by atoms with Gasteiger partial charge in [0.15, 0.2) is 0 Å². The lowest BCUT2D eigenvalue weighted by molar-refractivity contribution is -0.150. The Kier molecular flexibility index (Phi) is 41.4. The standard InChI is InChI=1S/C49H98N4O6S/c1-6-9-12-15-18-27-36-45-58-48(54)40-30-23-19-25-33-42-53(44-35-32-39-47(52(4)5)51-60(50,56)57)43-34-26-20-24-31-41-49(55)59-46(37-28-21-16-13-10-7-2)38-29-22-17-14-11-8-3/h46H,6-45H2,1-5H3,(H2,50,56,57)/b51-47-. The van der Waals surface area contributed by atoms with Crippen LogP contribution < -0.4 is 5.14 Å². The van der Waals surface area contributed by atoms with Crippen LogP contribution >= 0.6 is 0 Å². The minimum atomic E-state index is -3.92. The Bertz CT molecular complexity index is 1100. The van der Waals surface area contributed by atoms with Gasteiger partial charge in [-0.1, -0.05) is 162 Å². The SMILES string of the molecule is CCCCCCCCCOC(=O)CCCCCCCN(CCCCCCCC(=O)OC(CCCCCCCC)CCCCCCCC)CCCC/C(=N/S(N)(=O)=O)N(C)C. The summed E-state index contributed by atoms with van der Waals surface area (Å²) in [6.07, 6.45) is 39.9. The zero-order valence-electron chi connectivity index (χ0n) is 40.1. The summed E-state index contributed by atoms with van der Waals surface area (Å²) in [6, 6.07) is 0. The van der Waals surface area contributed by atoms with E-state index in [0.717, 1.165) is 135 Å². The minimum Gasteiger partial charge on any atom is -0.466 e. The first-order chi connectivity index (χ1) is 29.0. The normalized spacial score (nSPS) is 12.2. The van der Waals surface area contributed by atoms with E-state index in [2.05, 4.69) is 30.1 Å². The molecule has 356 valence electrons. The fraction of sp³-hybridized carbons (Fsp3) is 0.939. The van der Waals surface area contributed by atoms with Crippen LogP contribution in [0.25, 0.3) is 0 Å². The molecule has 0 aliphatic carbocycles. The third-order valence-electron chi connectivity index (χ3n) is 11.7. The molecule has 60 heavy (non-hydrogen) atoms. The van der Waals surface area contributed by atoms with Crippen molar-refractivity contribution < 1.29 is 27.5 Å². The molecule has 0 spiro atoms. The van der Waals surface area contributed by atoms with Crippen molar-refractivity contribution in [1.82, 2.24) is 9.80 Å². The average molecular weight is 871 g/mol. The molecule has 0 saturated heterocycles. The monoisotopic (exact) mass is 871 g/mol. The van der Waals surface area contributed by atoms with Crippen LogP contribution in [0.4, 0.5) is 0 Å². The van der Waals surface area contributed by atoms with Crippen LogP contribution in [0.3, 0.4) is 0 Å². The number of esters is 2. The quantitative estimate of drug-likeness (QED) is 0.0277. The van der Waals surface area contributed by atoms with E-state index in [1.165, 1.54) is 96.3 Å². The van der Waals surface area contributed by atoms with Gasteiger partial charge >= 0.3 is 22.1 Å². The highest BCUT2D eigenvalue weighted by Gasteiger charge is 2.15. The lowest BCUT2D eigenvalue weighted by Gasteiger charge is -2.23. The Labute approximate surface area is 371 Å². The molecule has 11 heteroatoms. The molecule has 0 unspecified atom stereocenters. The number of rotatable bonds is 45. The predicted octanol–water partition coefficient (Wildman–Crippen LogP) is 13.0. The van der Waals surface area contributed by atoms with Gasteiger partial charge in [-0.2, -0.15) is 8.42 Å². The second kappa shape index (κ2) is 42.6. The lowest BCUT2D eigenvalue weighted by atomic mass is 10.0. The number of unbranched alkanes of at least 4 members (excludes halogenated alkanes) is 25. The molecule has 0 saturated carbocycles. The van der Waals surface area contributed by atoms with Gasteiger partial charge in [-0.25, -0.2) is 5.14 Å². The van der Waals surface area contributed by atoms with Crippen molar-refractivity contribution in [3.63, 3.8) is 0 Å². The van der Waals surface area contributed by atoms with Crippen molar-refractivity contribution in [2.24, 2.45) is 9.54 Å². The second-order valence-electron chi connectivity index (χ2n) is 17.8. The largest absolute Gasteiger partial charge is 0.466 e. The van der Waals surface area contributed by atoms with Crippen LogP contribution in [0.2, 0.25) is 0 Å². The third-order valence-corrected chi connectivity index (χ3v) is 12.1. The Morgan fingerprint density at radius 3 is 1.32 bits per heavy atom. The lowest BCUT2D eigenvalue weighted by Crippen LogP contribution is -2.28. The van der Waals surface area contributed by atoms with E-state index in [4.69, 9.17) is 14.6 Å². The maximum Gasteiger partial charge on any atom is 0.318 e. The van der Waals surface area contributed by atoms with Crippen molar-refractivity contribution in [1.29, 1.82) is 0 Å². The average Bonchev–Trinajstić information content (AvgIpc) is 3.20. The molecule has 0 atom stereocenters. The van der Waals surface area contributed by atoms with E-state index in [1.807, 2.05) is 0 Å². The number of hydrogen-bond acceptors (Lipinski definition) is 7. The van der Waals surface area contributed by atoms with Crippen molar-refractivity contribution in [2.45, 2.75) is 258 Å². The fourth-order valence-corrected chi connectivity index (χ4v) is 8.40. The Morgan fingerprint density at radius 1 is 0.500 bits per heavy atom. The van der Waals surface area contributed by atoms with Crippen LogP contribution in [-0.2, 0) is 29.3 Å². The first-order valence-electron chi connectivity index (χ1n) is 25.4. The second-order valence-corrected chi connectivity index (χ2v) is 19.0. The predicted molar refractivity (Wildman–Crippen MR) is 255 cm³/mol. The summed E-state index contributed by atoms with van der Waals surface area (Å²) in [6.45, 7) is 10.3. The molecule has 0 aliphatic rings. The number of carbonyl (C=O) groups is 2. The van der Waals surface area contributed by atoms with Crippen LogP contribution in [0.15, 0.2) is 4.40 Å². The number of nitrogens with two attached hydrogens (primary N) is 1. The summed E-state index contributed by atoms with van der Waals surface area (Å²) < 4.78 is 38.4. The molecule has 0 aliphatic heterocycles. The number of carbonyl (C=O) groups excluding carboxylic acids is 2. The summed E-state index contributed by atoms with van der Waals surface area (Å²) in [7, 11) is -0.328. The maximum atomic E-state index is 12.9. The van der Waals surface area contributed by atoms with Gasteiger partial charge < -0.3 is 19.3 Å². The Balaban J connectivity index is 4.62. The number of nitrogens with zero attached hydrogens (tertiary/aromatic N) is 3. The highest BCUT2D eigenvalue weighted by molar-refractivity contribution is 7.88. The Hall–Kier alpha value is -1.72. The van der Waals surface area contributed by atoms with E-state index < -0.39 is 10.2 Å². The van der Waals surface area contributed by atoms with Gasteiger partial charge in [-0.05, 0) is 90.3 Å². The first kappa shape index (κ1) is 58.3. The molecule has 0 radical (unpaired) electrons. The number of amidine groups is 1. The summed E-state index contributed by atoms with van der Waals surface area (Å²) >= 11 is 0. The molecule has 0 rings (SSSR count). The van der Waals surface area contributed by atoms with Crippen LogP contribution in [0, 0.1) is 0 Å². The maximum absolute atomic E-state index is 12.9. The van der Waals surface area contributed by atoms with E-state index in [9.17, 15) is 18.0 Å². The fourth-order valence-electron chi connectivity index (χ4n) is 7.85. The molecule has 0 aromatic heterocycles. The van der Waals surface area contributed by atoms with Gasteiger partial charge in [0.2, 0.25) is 0 Å². The number of ether oxygens (including phenoxy) is 2. The molecule has 0 amide bonds. The molecule has 0 fully saturated rings. The van der Waals surface area contributed by atoms with Crippen molar-refractivity contribution >= 4 is 28.0 Å². The molecule has 2 N–H and O–H groups in total. The zero-order valence-corrected chi connectivity index (χ0v) is 41.0. The minimum absolute atomic E-state index is 0.00610. The summed E-state index contributed by atoms with van der Waals surface area (Å²) in [4.78, 5) is 29.3. The summed E-state index contributed by atoms with van der Waals surface area (Å²) in [5.41, 5.74) is 0. The molecular formula is C49H98N4O6S. The topological polar surface area (TPSA) is 132 Å². The van der Waals surface area contributed by atoms with E-state index in [-0.39, 0.29) is 18.0 Å².